The third-order valence-corrected chi connectivity index (χ3v) is 1.01. The number of rotatable bonds is 4. The summed E-state index contributed by atoms with van der Waals surface area (Å²) in [6.07, 6.45) is 3.75. The van der Waals surface area contributed by atoms with Crippen LogP contribution in [0.15, 0.2) is 0 Å². The summed E-state index contributed by atoms with van der Waals surface area (Å²) in [4.78, 5) is 18.9. The first kappa shape index (κ1) is 24.8. The predicted molar refractivity (Wildman–Crippen MR) is 66.2 cm³/mol. The molecule has 2 N–H and O–H groups in total. The molecule has 0 aliphatic rings. The normalized spacial score (nSPS) is 7.25. The quantitative estimate of drug-likeness (QED) is 0.451. The number of carboxylic acid groups (broad SMARTS) is 2. The Morgan fingerprint density at radius 1 is 0.938 bits per heavy atom. The Hall–Kier alpha value is -0.294. The van der Waals surface area contributed by atoms with E-state index >= 15 is 0 Å². The van der Waals surface area contributed by atoms with E-state index in [4.69, 9.17) is 10.2 Å². The van der Waals surface area contributed by atoms with Crippen molar-refractivity contribution in [2.75, 3.05) is 0 Å². The van der Waals surface area contributed by atoms with Crippen molar-refractivity contribution in [3.63, 3.8) is 0 Å². The van der Waals surface area contributed by atoms with Gasteiger partial charge in [0.05, 0.1) is 0 Å². The maximum absolute atomic E-state index is 9.43. The van der Waals surface area contributed by atoms with Crippen molar-refractivity contribution in [2.24, 2.45) is 0 Å². The van der Waals surface area contributed by atoms with E-state index in [-0.39, 0.29) is 23.1 Å². The van der Waals surface area contributed by atoms with Crippen LogP contribution in [0.4, 0.5) is 0 Å². The summed E-state index contributed by atoms with van der Waals surface area (Å²) in [5.74, 6) is -2.62. The molecule has 0 bridgehead atoms. The fourth-order valence-corrected chi connectivity index (χ4v) is 0.129. The Kier molecular flexibility index (Phi) is 37.3. The van der Waals surface area contributed by atoms with Crippen molar-refractivity contribution in [3.8, 4) is 0 Å². The molecule has 5 heteroatoms. The number of hydrogen-bond donors (Lipinski definition) is 2. The van der Waals surface area contributed by atoms with Crippen molar-refractivity contribution >= 4 is 35.0 Å². The standard InChI is InChI=1S/2C4H9.C3H4O4.Mg/c2*1-3-4-2;4-2(5)1-3(6)7;/h2*1,3-4H2,2H3;1H2,(H,4,5)(H,6,7);/q2*-1;;+2. The molecule has 92 valence electrons. The van der Waals surface area contributed by atoms with Crippen LogP contribution in [0, 0.1) is 13.8 Å². The van der Waals surface area contributed by atoms with Gasteiger partial charge in [0.25, 0.3) is 0 Å². The smallest absolute Gasteiger partial charge is 0.481 e. The third-order valence-electron chi connectivity index (χ3n) is 1.01. The van der Waals surface area contributed by atoms with E-state index in [1.165, 1.54) is 12.8 Å². The van der Waals surface area contributed by atoms with Crippen molar-refractivity contribution < 1.29 is 19.8 Å². The van der Waals surface area contributed by atoms with E-state index in [0.29, 0.717) is 0 Å². The maximum Gasteiger partial charge on any atom is 2.00 e. The molecule has 0 saturated heterocycles. The Morgan fingerprint density at radius 3 is 1.12 bits per heavy atom. The number of carboxylic acids is 2. The summed E-state index contributed by atoms with van der Waals surface area (Å²) in [5.41, 5.74) is 0. The second kappa shape index (κ2) is 24.1. The Balaban J connectivity index is -0.0000000700. The van der Waals surface area contributed by atoms with Crippen LogP contribution in [-0.2, 0) is 9.59 Å². The molecule has 0 aliphatic carbocycles. The molecule has 0 spiro atoms. The van der Waals surface area contributed by atoms with E-state index in [0.717, 1.165) is 12.8 Å². The van der Waals surface area contributed by atoms with E-state index in [9.17, 15) is 9.59 Å². The molecule has 0 fully saturated rings. The van der Waals surface area contributed by atoms with Gasteiger partial charge >= 0.3 is 35.0 Å². The molecular weight excluding hydrogens is 220 g/mol. The Labute approximate surface area is 115 Å². The zero-order chi connectivity index (χ0) is 12.7. The van der Waals surface area contributed by atoms with Gasteiger partial charge in [0.2, 0.25) is 0 Å². The van der Waals surface area contributed by atoms with Gasteiger partial charge in [0, 0.05) is 0 Å². The fourth-order valence-electron chi connectivity index (χ4n) is 0.129. The predicted octanol–water partition coefficient (Wildman–Crippen LogP) is 2.41. The SMILES string of the molecule is O=C(O)CC(=O)O.[CH2-]CCC.[CH2-]CCC.[Mg+2]. The molecule has 0 unspecified atom stereocenters. The first-order valence-corrected chi connectivity index (χ1v) is 4.98. The van der Waals surface area contributed by atoms with Gasteiger partial charge in [0.15, 0.2) is 0 Å². The summed E-state index contributed by atoms with van der Waals surface area (Å²) in [6, 6.07) is 0. The Bertz CT molecular complexity index is 129. The van der Waals surface area contributed by atoms with Crippen LogP contribution in [0.3, 0.4) is 0 Å². The first-order chi connectivity index (χ1) is 6.95. The number of aliphatic carboxylic acids is 2. The molecular formula is C11H22MgO4. The van der Waals surface area contributed by atoms with Crippen LogP contribution < -0.4 is 0 Å². The van der Waals surface area contributed by atoms with Crippen LogP contribution in [0.2, 0.25) is 0 Å². The summed E-state index contributed by atoms with van der Waals surface area (Å²) in [7, 11) is 0. The molecule has 0 amide bonds. The van der Waals surface area contributed by atoms with Crippen molar-refractivity contribution in [1.29, 1.82) is 0 Å². The number of unbranched alkanes of at least 4 members (excludes halogenated alkanes) is 2. The molecule has 16 heavy (non-hydrogen) atoms. The monoisotopic (exact) mass is 242 g/mol. The second-order valence-corrected chi connectivity index (χ2v) is 2.67. The third kappa shape index (κ3) is 68.0. The average molecular weight is 243 g/mol. The minimum absolute atomic E-state index is 0. The van der Waals surface area contributed by atoms with Gasteiger partial charge in [0.1, 0.15) is 6.42 Å². The molecule has 0 saturated carbocycles. The molecule has 0 radical (unpaired) electrons. The van der Waals surface area contributed by atoms with Gasteiger partial charge in [-0.25, -0.2) is 0 Å². The summed E-state index contributed by atoms with van der Waals surface area (Å²) >= 11 is 0. The van der Waals surface area contributed by atoms with Crippen LogP contribution in [0.5, 0.6) is 0 Å². The van der Waals surface area contributed by atoms with Crippen LogP contribution in [-0.4, -0.2) is 45.2 Å². The van der Waals surface area contributed by atoms with Crippen LogP contribution >= 0.6 is 0 Å². The van der Waals surface area contributed by atoms with E-state index in [2.05, 4.69) is 27.7 Å². The van der Waals surface area contributed by atoms with Crippen molar-refractivity contribution in [1.82, 2.24) is 0 Å². The van der Waals surface area contributed by atoms with Gasteiger partial charge in [-0.3, -0.25) is 9.59 Å². The number of carbonyl (C=O) groups is 2. The zero-order valence-corrected chi connectivity index (χ0v) is 11.8. The van der Waals surface area contributed by atoms with Crippen molar-refractivity contribution in [3.05, 3.63) is 13.8 Å². The van der Waals surface area contributed by atoms with Gasteiger partial charge in [-0.2, -0.15) is 12.8 Å². The molecule has 0 aromatic carbocycles. The minimum Gasteiger partial charge on any atom is -0.481 e. The largest absolute Gasteiger partial charge is 2.00 e. The molecule has 0 heterocycles. The van der Waals surface area contributed by atoms with Crippen LogP contribution in [0.1, 0.15) is 46.0 Å². The van der Waals surface area contributed by atoms with E-state index in [1.807, 2.05) is 0 Å². The molecule has 4 nitrogen and oxygen atoms in total. The first-order valence-electron chi connectivity index (χ1n) is 4.98. The average Bonchev–Trinajstić information content (AvgIpc) is 2.16. The van der Waals surface area contributed by atoms with Crippen LogP contribution in [0.25, 0.3) is 0 Å². The van der Waals surface area contributed by atoms with Gasteiger partial charge in [-0.15, -0.1) is 0 Å². The topological polar surface area (TPSA) is 74.6 Å². The summed E-state index contributed by atoms with van der Waals surface area (Å²) < 4.78 is 0. The second-order valence-electron chi connectivity index (χ2n) is 2.67. The van der Waals surface area contributed by atoms with E-state index in [1.54, 1.807) is 0 Å². The minimum atomic E-state index is -1.31. The number of hydrogen-bond acceptors (Lipinski definition) is 2. The zero-order valence-electron chi connectivity index (χ0n) is 10.4. The molecule has 0 rings (SSSR count). The summed E-state index contributed by atoms with van der Waals surface area (Å²) in [6.45, 7) is 11.4. The van der Waals surface area contributed by atoms with Gasteiger partial charge in [-0.05, 0) is 0 Å². The maximum atomic E-state index is 9.43. The Morgan fingerprint density at radius 2 is 1.12 bits per heavy atom. The van der Waals surface area contributed by atoms with Gasteiger partial charge in [-0.1, -0.05) is 26.7 Å². The molecule has 0 atom stereocenters. The van der Waals surface area contributed by atoms with Gasteiger partial charge < -0.3 is 24.1 Å². The molecule has 0 aromatic heterocycles. The molecule has 0 aliphatic heterocycles. The van der Waals surface area contributed by atoms with E-state index < -0.39 is 18.4 Å². The van der Waals surface area contributed by atoms with Crippen molar-refractivity contribution in [2.45, 2.75) is 46.0 Å². The molecule has 0 aromatic rings. The fraction of sp³-hybridized carbons (Fsp3) is 0.636. The summed E-state index contributed by atoms with van der Waals surface area (Å²) in [5, 5.41) is 15.4.